The number of carbonyl (C=O) groups is 1. The minimum Gasteiger partial charge on any atom is -0.325 e. The molecular formula is C15H20F2N2OS. The Labute approximate surface area is 128 Å². The zero-order valence-corrected chi connectivity index (χ0v) is 12.8. The average Bonchev–Trinajstić information content (AvgIpc) is 2.49. The van der Waals surface area contributed by atoms with Crippen molar-refractivity contribution in [1.82, 2.24) is 4.90 Å². The van der Waals surface area contributed by atoms with Gasteiger partial charge in [-0.3, -0.25) is 9.69 Å². The van der Waals surface area contributed by atoms with Gasteiger partial charge in [0.1, 0.15) is 0 Å². The van der Waals surface area contributed by atoms with Crippen LogP contribution in [-0.4, -0.2) is 35.7 Å². The maximum absolute atomic E-state index is 12.2. The Bertz CT molecular complexity index is 461. The van der Waals surface area contributed by atoms with Gasteiger partial charge in [-0.15, -0.1) is 0 Å². The summed E-state index contributed by atoms with van der Waals surface area (Å²) in [6.07, 6.45) is 3.50. The predicted octanol–water partition coefficient (Wildman–Crippen LogP) is 3.81. The lowest BCUT2D eigenvalue weighted by molar-refractivity contribution is -0.121. The number of thioether (sulfide) groups is 1. The van der Waals surface area contributed by atoms with Crippen LogP contribution < -0.4 is 5.32 Å². The highest BCUT2D eigenvalue weighted by Crippen LogP contribution is 2.26. The van der Waals surface area contributed by atoms with Crippen molar-refractivity contribution in [3.63, 3.8) is 0 Å². The van der Waals surface area contributed by atoms with Crippen LogP contribution >= 0.6 is 11.8 Å². The first-order chi connectivity index (χ1) is 10.1. The topological polar surface area (TPSA) is 32.3 Å². The number of anilines is 1. The summed E-state index contributed by atoms with van der Waals surface area (Å²) >= 11 is 0.501. The standard InChI is InChI=1S/C15H20F2N2OS/c1-11(19-9-3-2-4-10-19)14(20)18-12-5-7-13(8-6-12)21-15(16)17/h5-8,11,15H,2-4,9-10H2,1H3,(H,18,20)/t11-/m0/s1. The van der Waals surface area contributed by atoms with Gasteiger partial charge < -0.3 is 5.32 Å². The fraction of sp³-hybridized carbons (Fsp3) is 0.533. The lowest BCUT2D eigenvalue weighted by atomic mass is 10.1. The Morgan fingerprint density at radius 3 is 2.38 bits per heavy atom. The zero-order chi connectivity index (χ0) is 15.2. The third-order valence-electron chi connectivity index (χ3n) is 3.66. The minimum absolute atomic E-state index is 0.0498. The molecule has 1 saturated heterocycles. The van der Waals surface area contributed by atoms with Gasteiger partial charge in [-0.05, 0) is 57.1 Å². The molecule has 1 aromatic carbocycles. The van der Waals surface area contributed by atoms with Crippen molar-refractivity contribution in [3.05, 3.63) is 24.3 Å². The molecule has 1 N–H and O–H groups in total. The summed E-state index contributed by atoms with van der Waals surface area (Å²) in [6.45, 7) is 3.82. The highest BCUT2D eigenvalue weighted by molar-refractivity contribution is 7.99. The highest BCUT2D eigenvalue weighted by atomic mass is 32.2. The molecule has 1 aromatic rings. The van der Waals surface area contributed by atoms with Crippen LogP contribution in [0.1, 0.15) is 26.2 Å². The molecule has 1 amide bonds. The number of halogens is 2. The molecule has 0 aromatic heterocycles. The summed E-state index contributed by atoms with van der Waals surface area (Å²) in [5.41, 5.74) is 0.641. The molecule has 1 heterocycles. The molecule has 1 aliphatic heterocycles. The van der Waals surface area contributed by atoms with Gasteiger partial charge in [0.2, 0.25) is 5.91 Å². The lowest BCUT2D eigenvalue weighted by Gasteiger charge is -2.31. The second kappa shape index (κ2) is 7.75. The van der Waals surface area contributed by atoms with Gasteiger partial charge in [-0.25, -0.2) is 0 Å². The molecule has 0 unspecified atom stereocenters. The maximum Gasteiger partial charge on any atom is 0.288 e. The molecule has 21 heavy (non-hydrogen) atoms. The second-order valence-corrected chi connectivity index (χ2v) is 6.23. The number of alkyl halides is 2. The van der Waals surface area contributed by atoms with Gasteiger partial charge in [0, 0.05) is 10.6 Å². The summed E-state index contributed by atoms with van der Waals surface area (Å²) in [4.78, 5) is 14.9. The molecule has 6 heteroatoms. The predicted molar refractivity (Wildman–Crippen MR) is 81.8 cm³/mol. The summed E-state index contributed by atoms with van der Waals surface area (Å²) in [6, 6.07) is 6.34. The number of carbonyl (C=O) groups excluding carboxylic acids is 1. The number of hydrogen-bond acceptors (Lipinski definition) is 3. The van der Waals surface area contributed by atoms with Crippen molar-refractivity contribution >= 4 is 23.4 Å². The van der Waals surface area contributed by atoms with Crippen LogP contribution in [0.3, 0.4) is 0 Å². The van der Waals surface area contributed by atoms with E-state index in [-0.39, 0.29) is 11.9 Å². The molecule has 0 saturated carbocycles. The summed E-state index contributed by atoms with van der Waals surface area (Å²) in [5, 5.41) is 2.84. The Morgan fingerprint density at radius 2 is 1.81 bits per heavy atom. The van der Waals surface area contributed by atoms with Crippen molar-refractivity contribution in [2.75, 3.05) is 18.4 Å². The zero-order valence-electron chi connectivity index (χ0n) is 12.0. The molecule has 0 radical (unpaired) electrons. The molecule has 0 aliphatic carbocycles. The van der Waals surface area contributed by atoms with E-state index in [0.29, 0.717) is 22.3 Å². The largest absolute Gasteiger partial charge is 0.325 e. The van der Waals surface area contributed by atoms with E-state index >= 15 is 0 Å². The van der Waals surface area contributed by atoms with Crippen molar-refractivity contribution in [1.29, 1.82) is 0 Å². The first-order valence-corrected chi connectivity index (χ1v) is 8.04. The summed E-state index contributed by atoms with van der Waals surface area (Å²) < 4.78 is 24.5. The van der Waals surface area contributed by atoms with Crippen LogP contribution in [0.5, 0.6) is 0 Å². The smallest absolute Gasteiger partial charge is 0.288 e. The molecule has 1 atom stereocenters. The quantitative estimate of drug-likeness (QED) is 0.839. The van der Waals surface area contributed by atoms with Gasteiger partial charge in [-0.1, -0.05) is 18.2 Å². The number of rotatable bonds is 5. The highest BCUT2D eigenvalue weighted by Gasteiger charge is 2.22. The number of nitrogens with one attached hydrogen (secondary N) is 1. The van der Waals surface area contributed by atoms with Crippen molar-refractivity contribution in [2.24, 2.45) is 0 Å². The molecule has 0 bridgehead atoms. The van der Waals surface area contributed by atoms with Crippen LogP contribution in [0.2, 0.25) is 0 Å². The van der Waals surface area contributed by atoms with Gasteiger partial charge in [0.05, 0.1) is 6.04 Å². The molecule has 1 fully saturated rings. The fourth-order valence-electron chi connectivity index (χ4n) is 2.44. The number of amides is 1. The number of benzene rings is 1. The van der Waals surface area contributed by atoms with Crippen molar-refractivity contribution < 1.29 is 13.6 Å². The van der Waals surface area contributed by atoms with Gasteiger partial charge in [0.15, 0.2) is 0 Å². The molecule has 3 nitrogen and oxygen atoms in total. The van der Waals surface area contributed by atoms with E-state index in [2.05, 4.69) is 10.2 Å². The third kappa shape index (κ3) is 4.97. The van der Waals surface area contributed by atoms with Crippen molar-refractivity contribution in [3.8, 4) is 0 Å². The molecular weight excluding hydrogens is 294 g/mol. The Kier molecular flexibility index (Phi) is 5.99. The Hall–Kier alpha value is -1.14. The Balaban J connectivity index is 1.89. The van der Waals surface area contributed by atoms with Gasteiger partial charge in [0.25, 0.3) is 5.76 Å². The molecule has 116 valence electrons. The van der Waals surface area contributed by atoms with Gasteiger partial charge >= 0.3 is 0 Å². The third-order valence-corrected chi connectivity index (χ3v) is 4.39. The monoisotopic (exact) mass is 314 g/mol. The number of likely N-dealkylation sites (tertiary alicyclic amines) is 1. The van der Waals surface area contributed by atoms with Crippen LogP contribution in [0.15, 0.2) is 29.2 Å². The lowest BCUT2D eigenvalue weighted by Crippen LogP contribution is -2.44. The molecule has 0 spiro atoms. The number of hydrogen-bond donors (Lipinski definition) is 1. The maximum atomic E-state index is 12.2. The van der Waals surface area contributed by atoms with Crippen LogP contribution in [0.4, 0.5) is 14.5 Å². The van der Waals surface area contributed by atoms with E-state index in [4.69, 9.17) is 0 Å². The SMILES string of the molecule is C[C@@H](C(=O)Nc1ccc(SC(F)F)cc1)N1CCCCC1. The van der Waals surface area contributed by atoms with Crippen LogP contribution in [0.25, 0.3) is 0 Å². The second-order valence-electron chi connectivity index (χ2n) is 5.16. The first-order valence-electron chi connectivity index (χ1n) is 7.16. The average molecular weight is 314 g/mol. The minimum atomic E-state index is -2.43. The summed E-state index contributed by atoms with van der Waals surface area (Å²) in [7, 11) is 0. The normalized spacial score (nSPS) is 17.7. The number of nitrogens with zero attached hydrogens (tertiary/aromatic N) is 1. The van der Waals surface area contributed by atoms with Crippen molar-refractivity contribution in [2.45, 2.75) is 42.9 Å². The van der Waals surface area contributed by atoms with Crippen LogP contribution in [-0.2, 0) is 4.79 Å². The summed E-state index contributed by atoms with van der Waals surface area (Å²) in [5.74, 6) is -2.48. The first kappa shape index (κ1) is 16.2. The van der Waals surface area contributed by atoms with Gasteiger partial charge in [-0.2, -0.15) is 8.78 Å². The fourth-order valence-corrected chi connectivity index (χ4v) is 2.94. The van der Waals surface area contributed by atoms with E-state index in [9.17, 15) is 13.6 Å². The van der Waals surface area contributed by atoms with E-state index in [1.54, 1.807) is 24.3 Å². The van der Waals surface area contributed by atoms with E-state index in [1.165, 1.54) is 6.42 Å². The molecule has 2 rings (SSSR count). The Morgan fingerprint density at radius 1 is 1.19 bits per heavy atom. The molecule has 1 aliphatic rings. The van der Waals surface area contributed by atoms with E-state index in [1.807, 2.05) is 6.92 Å². The number of piperidine rings is 1. The van der Waals surface area contributed by atoms with Crippen LogP contribution in [0, 0.1) is 0 Å². The van der Waals surface area contributed by atoms with E-state index < -0.39 is 5.76 Å². The van der Waals surface area contributed by atoms with E-state index in [0.717, 1.165) is 25.9 Å².